The number of aryl methyl sites for hydroxylation is 1. The van der Waals surface area contributed by atoms with Crippen molar-refractivity contribution in [3.63, 3.8) is 0 Å². The predicted octanol–water partition coefficient (Wildman–Crippen LogP) is 6.63. The Kier molecular flexibility index (Phi) is 8.23. The Morgan fingerprint density at radius 2 is 1.73 bits per heavy atom. The van der Waals surface area contributed by atoms with E-state index in [0.29, 0.717) is 22.7 Å². The molecule has 1 N–H and O–H groups in total. The molecule has 3 aromatic carbocycles. The molecule has 202 valence electrons. The molecule has 6 nitrogen and oxygen atoms in total. The molecule has 0 aliphatic carbocycles. The number of hydrogen-bond acceptors (Lipinski definition) is 5. The Morgan fingerprint density at radius 3 is 2.40 bits per heavy atom. The van der Waals surface area contributed by atoms with Crippen molar-refractivity contribution >= 4 is 17.4 Å². The Morgan fingerprint density at radius 1 is 0.975 bits per heavy atom. The third-order valence-electron chi connectivity index (χ3n) is 7.55. The van der Waals surface area contributed by atoms with Crippen molar-refractivity contribution in [3.05, 3.63) is 113 Å². The first kappa shape index (κ1) is 27.1. The molecule has 0 unspecified atom stereocenters. The normalized spacial score (nSPS) is 13.7. The van der Waals surface area contributed by atoms with Crippen LogP contribution in [0.25, 0.3) is 11.1 Å². The number of nitrogens with zero attached hydrogens (tertiary/aromatic N) is 4. The first-order valence-corrected chi connectivity index (χ1v) is 13.8. The Hall–Kier alpha value is -4.47. The van der Waals surface area contributed by atoms with Crippen molar-refractivity contribution in [2.24, 2.45) is 0 Å². The van der Waals surface area contributed by atoms with E-state index in [9.17, 15) is 4.79 Å². The van der Waals surface area contributed by atoms with Gasteiger partial charge in [-0.2, -0.15) is 5.26 Å². The summed E-state index contributed by atoms with van der Waals surface area (Å²) in [5, 5.41) is 12.2. The second kappa shape index (κ2) is 12.1. The molecule has 0 radical (unpaired) electrons. The van der Waals surface area contributed by atoms with Gasteiger partial charge in [-0.25, -0.2) is 4.98 Å². The summed E-state index contributed by atoms with van der Waals surface area (Å²) < 4.78 is 0. The number of pyridine rings is 1. The Bertz CT molecular complexity index is 1510. The molecule has 5 rings (SSSR count). The summed E-state index contributed by atoms with van der Waals surface area (Å²) in [6, 6.07) is 28.3. The van der Waals surface area contributed by atoms with Crippen molar-refractivity contribution in [1.82, 2.24) is 9.88 Å². The van der Waals surface area contributed by atoms with E-state index in [1.807, 2.05) is 55.5 Å². The molecule has 1 amide bonds. The molecule has 1 aliphatic heterocycles. The lowest BCUT2D eigenvalue weighted by Crippen LogP contribution is -2.46. The minimum Gasteiger partial charge on any atom is -0.354 e. The highest BCUT2D eigenvalue weighted by Gasteiger charge is 2.19. The summed E-state index contributed by atoms with van der Waals surface area (Å²) in [4.78, 5) is 22.7. The molecule has 0 bridgehead atoms. The van der Waals surface area contributed by atoms with Crippen LogP contribution in [0.4, 0.5) is 11.5 Å². The standard InChI is InChI=1S/C34H35N5O/c1-24(2)28-10-12-29(13-11-28)33-25(3)6-4-9-31(33)34(40)37-30-14-15-32(36-22-30)39-18-16-38(17-19-39)23-27-8-5-7-26(20-27)21-35/h4-15,20,22,24H,16-19,23H2,1-3H3,(H,37,40). The van der Waals surface area contributed by atoms with Crippen LogP contribution < -0.4 is 10.2 Å². The van der Waals surface area contributed by atoms with Crippen LogP contribution in [0.5, 0.6) is 0 Å². The number of rotatable bonds is 7. The van der Waals surface area contributed by atoms with E-state index in [4.69, 9.17) is 5.26 Å². The molecule has 1 aliphatic rings. The third kappa shape index (κ3) is 6.22. The van der Waals surface area contributed by atoms with E-state index < -0.39 is 0 Å². The average molecular weight is 530 g/mol. The van der Waals surface area contributed by atoms with Gasteiger partial charge >= 0.3 is 0 Å². The SMILES string of the molecule is Cc1cccc(C(=O)Nc2ccc(N3CCN(Cc4cccc(C#N)c4)CC3)nc2)c1-c1ccc(C(C)C)cc1. The van der Waals surface area contributed by atoms with Crippen molar-refractivity contribution in [3.8, 4) is 17.2 Å². The third-order valence-corrected chi connectivity index (χ3v) is 7.55. The smallest absolute Gasteiger partial charge is 0.256 e. The lowest BCUT2D eigenvalue weighted by molar-refractivity contribution is 0.102. The van der Waals surface area contributed by atoms with Crippen molar-refractivity contribution in [2.75, 3.05) is 36.4 Å². The number of carbonyl (C=O) groups excluding carboxylic acids is 1. The van der Waals surface area contributed by atoms with Crippen LogP contribution in [0.15, 0.2) is 85.1 Å². The topological polar surface area (TPSA) is 72.3 Å². The molecular weight excluding hydrogens is 494 g/mol. The summed E-state index contributed by atoms with van der Waals surface area (Å²) in [6.45, 7) is 10.8. The van der Waals surface area contributed by atoms with Crippen LogP contribution in [-0.4, -0.2) is 42.0 Å². The fraction of sp³-hybridized carbons (Fsp3) is 0.265. The number of anilines is 2. The zero-order chi connectivity index (χ0) is 28.1. The summed E-state index contributed by atoms with van der Waals surface area (Å²) in [5.74, 6) is 1.22. The van der Waals surface area contributed by atoms with Gasteiger partial charge < -0.3 is 10.2 Å². The first-order chi connectivity index (χ1) is 19.4. The zero-order valence-electron chi connectivity index (χ0n) is 23.4. The fourth-order valence-corrected chi connectivity index (χ4v) is 5.25. The van der Waals surface area contributed by atoms with E-state index in [-0.39, 0.29) is 5.91 Å². The summed E-state index contributed by atoms with van der Waals surface area (Å²) in [7, 11) is 0. The van der Waals surface area contributed by atoms with Crippen LogP contribution >= 0.6 is 0 Å². The maximum Gasteiger partial charge on any atom is 0.256 e. The first-order valence-electron chi connectivity index (χ1n) is 13.8. The van der Waals surface area contributed by atoms with E-state index in [0.717, 1.165) is 60.8 Å². The van der Waals surface area contributed by atoms with E-state index in [1.165, 1.54) is 5.56 Å². The molecule has 0 saturated carbocycles. The summed E-state index contributed by atoms with van der Waals surface area (Å²) in [5.41, 5.74) is 7.53. The maximum atomic E-state index is 13.4. The van der Waals surface area contributed by atoms with E-state index in [1.54, 1.807) is 6.20 Å². The number of nitriles is 1. The quantitative estimate of drug-likeness (QED) is 0.291. The van der Waals surface area contributed by atoms with Crippen LogP contribution in [0.2, 0.25) is 0 Å². The predicted molar refractivity (Wildman–Crippen MR) is 162 cm³/mol. The van der Waals surface area contributed by atoms with Gasteiger partial charge in [-0.1, -0.05) is 62.4 Å². The molecule has 1 saturated heterocycles. The largest absolute Gasteiger partial charge is 0.354 e. The van der Waals surface area contributed by atoms with Crippen LogP contribution in [0, 0.1) is 18.3 Å². The molecule has 0 spiro atoms. The van der Waals surface area contributed by atoms with Gasteiger partial charge in [-0.3, -0.25) is 9.69 Å². The molecule has 0 atom stereocenters. The van der Waals surface area contributed by atoms with Gasteiger partial charge in [0.2, 0.25) is 0 Å². The number of carbonyl (C=O) groups is 1. The van der Waals surface area contributed by atoms with Gasteiger partial charge in [0.05, 0.1) is 23.5 Å². The number of hydrogen-bond donors (Lipinski definition) is 1. The van der Waals surface area contributed by atoms with E-state index >= 15 is 0 Å². The van der Waals surface area contributed by atoms with Gasteiger partial charge in [0.15, 0.2) is 0 Å². The Labute approximate surface area is 236 Å². The number of benzene rings is 3. The number of piperazine rings is 1. The number of aromatic nitrogens is 1. The van der Waals surface area contributed by atoms with Crippen LogP contribution in [-0.2, 0) is 6.54 Å². The van der Waals surface area contributed by atoms with Crippen LogP contribution in [0.3, 0.4) is 0 Å². The molecule has 1 aromatic heterocycles. The summed E-state index contributed by atoms with van der Waals surface area (Å²) >= 11 is 0. The monoisotopic (exact) mass is 529 g/mol. The minimum atomic E-state index is -0.143. The summed E-state index contributed by atoms with van der Waals surface area (Å²) in [6.07, 6.45) is 1.74. The van der Waals surface area contributed by atoms with E-state index in [2.05, 4.69) is 70.3 Å². The fourth-order valence-electron chi connectivity index (χ4n) is 5.25. The highest BCUT2D eigenvalue weighted by Crippen LogP contribution is 2.30. The number of amides is 1. The van der Waals surface area contributed by atoms with Gasteiger partial charge in [0.25, 0.3) is 5.91 Å². The molecule has 6 heteroatoms. The maximum absolute atomic E-state index is 13.4. The van der Waals surface area contributed by atoms with Crippen molar-refractivity contribution in [1.29, 1.82) is 5.26 Å². The lowest BCUT2D eigenvalue weighted by Gasteiger charge is -2.35. The highest BCUT2D eigenvalue weighted by atomic mass is 16.1. The van der Waals surface area contributed by atoms with Gasteiger partial charge in [-0.15, -0.1) is 0 Å². The van der Waals surface area contributed by atoms with Gasteiger partial charge in [0, 0.05) is 38.3 Å². The molecular formula is C34H35N5O. The average Bonchev–Trinajstić information content (AvgIpc) is 2.98. The Balaban J connectivity index is 1.22. The zero-order valence-corrected chi connectivity index (χ0v) is 23.4. The number of nitrogens with one attached hydrogen (secondary N) is 1. The van der Waals surface area contributed by atoms with Gasteiger partial charge in [-0.05, 0) is 71.0 Å². The van der Waals surface area contributed by atoms with Crippen LogP contribution in [0.1, 0.15) is 52.4 Å². The molecule has 2 heterocycles. The lowest BCUT2D eigenvalue weighted by atomic mass is 9.92. The second-order valence-corrected chi connectivity index (χ2v) is 10.7. The minimum absolute atomic E-state index is 0.143. The molecule has 1 fully saturated rings. The van der Waals surface area contributed by atoms with Crippen molar-refractivity contribution in [2.45, 2.75) is 33.2 Å². The van der Waals surface area contributed by atoms with Gasteiger partial charge in [0.1, 0.15) is 5.82 Å². The molecule has 40 heavy (non-hydrogen) atoms. The molecule has 4 aromatic rings. The second-order valence-electron chi connectivity index (χ2n) is 10.7. The highest BCUT2D eigenvalue weighted by molar-refractivity contribution is 6.09. The van der Waals surface area contributed by atoms with Crippen molar-refractivity contribution < 1.29 is 4.79 Å².